The first-order chi connectivity index (χ1) is 9.78. The second-order valence-corrected chi connectivity index (χ2v) is 5.49. The largest absolute Gasteiger partial charge is 0.372 e. The SMILES string of the molecule is CCCc1ccc(C(N)c2ccc3c(c2)COC3)cc1. The number of hydrogen-bond donors (Lipinski definition) is 1. The van der Waals surface area contributed by atoms with Crippen LogP contribution in [0.1, 0.15) is 47.2 Å². The van der Waals surface area contributed by atoms with Crippen molar-refractivity contribution in [3.8, 4) is 0 Å². The molecule has 0 radical (unpaired) electrons. The van der Waals surface area contributed by atoms with E-state index in [1.54, 1.807) is 0 Å². The molecular weight excluding hydrogens is 246 g/mol. The molecule has 2 heteroatoms. The third-order valence-electron chi connectivity index (χ3n) is 3.98. The predicted octanol–water partition coefficient (Wildman–Crippen LogP) is 3.72. The van der Waals surface area contributed by atoms with Crippen LogP contribution in [0.5, 0.6) is 0 Å². The molecule has 2 aromatic carbocycles. The lowest BCUT2D eigenvalue weighted by molar-refractivity contribution is 0.134. The van der Waals surface area contributed by atoms with Crippen molar-refractivity contribution in [1.82, 2.24) is 0 Å². The Bertz CT molecular complexity index is 589. The Labute approximate surface area is 120 Å². The molecule has 0 fully saturated rings. The van der Waals surface area contributed by atoms with Gasteiger partial charge in [-0.25, -0.2) is 0 Å². The minimum absolute atomic E-state index is 0.0587. The zero-order chi connectivity index (χ0) is 13.9. The fourth-order valence-corrected chi connectivity index (χ4v) is 2.76. The van der Waals surface area contributed by atoms with Gasteiger partial charge in [0.25, 0.3) is 0 Å². The molecule has 0 aliphatic carbocycles. The average molecular weight is 267 g/mol. The van der Waals surface area contributed by atoms with Gasteiger partial charge in [0.1, 0.15) is 0 Å². The number of hydrogen-bond acceptors (Lipinski definition) is 2. The number of fused-ring (bicyclic) bond motifs is 1. The number of aryl methyl sites for hydroxylation is 1. The summed E-state index contributed by atoms with van der Waals surface area (Å²) >= 11 is 0. The first-order valence-corrected chi connectivity index (χ1v) is 7.32. The van der Waals surface area contributed by atoms with Crippen molar-refractivity contribution in [2.45, 2.75) is 39.0 Å². The molecular formula is C18H21NO. The van der Waals surface area contributed by atoms with Gasteiger partial charge in [0.05, 0.1) is 19.3 Å². The summed E-state index contributed by atoms with van der Waals surface area (Å²) in [6, 6.07) is 15.1. The highest BCUT2D eigenvalue weighted by molar-refractivity contribution is 5.39. The molecule has 2 nitrogen and oxygen atoms in total. The Morgan fingerprint density at radius 3 is 2.45 bits per heavy atom. The van der Waals surface area contributed by atoms with Gasteiger partial charge in [0.2, 0.25) is 0 Å². The van der Waals surface area contributed by atoms with Crippen molar-refractivity contribution in [2.75, 3.05) is 0 Å². The van der Waals surface area contributed by atoms with E-state index in [0.29, 0.717) is 6.61 Å². The molecule has 0 saturated carbocycles. The monoisotopic (exact) mass is 267 g/mol. The van der Waals surface area contributed by atoms with Crippen LogP contribution in [0, 0.1) is 0 Å². The van der Waals surface area contributed by atoms with Crippen LogP contribution in [-0.4, -0.2) is 0 Å². The van der Waals surface area contributed by atoms with Crippen LogP contribution in [0.15, 0.2) is 42.5 Å². The van der Waals surface area contributed by atoms with Crippen molar-refractivity contribution >= 4 is 0 Å². The summed E-state index contributed by atoms with van der Waals surface area (Å²) in [5.41, 5.74) is 12.7. The first kappa shape index (κ1) is 13.3. The molecule has 20 heavy (non-hydrogen) atoms. The smallest absolute Gasteiger partial charge is 0.0725 e. The third kappa shape index (κ3) is 2.62. The molecule has 2 aromatic rings. The molecule has 1 aliphatic heterocycles. The summed E-state index contributed by atoms with van der Waals surface area (Å²) in [6.45, 7) is 3.65. The van der Waals surface area contributed by atoms with Crippen LogP contribution in [0.4, 0.5) is 0 Å². The zero-order valence-electron chi connectivity index (χ0n) is 11.9. The summed E-state index contributed by atoms with van der Waals surface area (Å²) in [5, 5.41) is 0. The van der Waals surface area contributed by atoms with Gasteiger partial charge in [-0.15, -0.1) is 0 Å². The number of rotatable bonds is 4. The van der Waals surface area contributed by atoms with Crippen LogP contribution in [-0.2, 0) is 24.4 Å². The summed E-state index contributed by atoms with van der Waals surface area (Å²) in [4.78, 5) is 0. The summed E-state index contributed by atoms with van der Waals surface area (Å²) in [7, 11) is 0. The van der Waals surface area contributed by atoms with E-state index in [2.05, 4.69) is 49.4 Å². The fraction of sp³-hybridized carbons (Fsp3) is 0.333. The maximum absolute atomic E-state index is 6.39. The van der Waals surface area contributed by atoms with Gasteiger partial charge in [-0.05, 0) is 34.2 Å². The Hall–Kier alpha value is -1.64. The van der Waals surface area contributed by atoms with Crippen LogP contribution < -0.4 is 5.73 Å². The molecule has 104 valence electrons. The molecule has 0 bridgehead atoms. The van der Waals surface area contributed by atoms with Crippen molar-refractivity contribution in [2.24, 2.45) is 5.73 Å². The van der Waals surface area contributed by atoms with Crippen molar-refractivity contribution in [3.63, 3.8) is 0 Å². The Morgan fingerprint density at radius 1 is 1.00 bits per heavy atom. The molecule has 0 amide bonds. The fourth-order valence-electron chi connectivity index (χ4n) is 2.76. The second-order valence-electron chi connectivity index (χ2n) is 5.49. The zero-order valence-corrected chi connectivity index (χ0v) is 11.9. The van der Waals surface area contributed by atoms with Gasteiger partial charge in [-0.3, -0.25) is 0 Å². The molecule has 1 atom stereocenters. The van der Waals surface area contributed by atoms with Crippen molar-refractivity contribution in [1.29, 1.82) is 0 Å². The highest BCUT2D eigenvalue weighted by atomic mass is 16.5. The highest BCUT2D eigenvalue weighted by Gasteiger charge is 2.15. The highest BCUT2D eigenvalue weighted by Crippen LogP contribution is 2.26. The lowest BCUT2D eigenvalue weighted by Gasteiger charge is -2.14. The number of nitrogens with two attached hydrogens (primary N) is 1. The van der Waals surface area contributed by atoms with Crippen LogP contribution in [0.2, 0.25) is 0 Å². The van der Waals surface area contributed by atoms with E-state index in [-0.39, 0.29) is 6.04 Å². The van der Waals surface area contributed by atoms with Gasteiger partial charge in [-0.1, -0.05) is 55.8 Å². The van der Waals surface area contributed by atoms with E-state index < -0.39 is 0 Å². The minimum Gasteiger partial charge on any atom is -0.372 e. The maximum Gasteiger partial charge on any atom is 0.0725 e. The van der Waals surface area contributed by atoms with E-state index in [1.807, 2.05) is 0 Å². The molecule has 0 aromatic heterocycles. The van der Waals surface area contributed by atoms with E-state index in [4.69, 9.17) is 10.5 Å². The third-order valence-corrected chi connectivity index (χ3v) is 3.98. The molecule has 2 N–H and O–H groups in total. The quantitative estimate of drug-likeness (QED) is 0.916. The average Bonchev–Trinajstić information content (AvgIpc) is 2.95. The lowest BCUT2D eigenvalue weighted by Crippen LogP contribution is -2.12. The maximum atomic E-state index is 6.39. The summed E-state index contributed by atoms with van der Waals surface area (Å²) in [5.74, 6) is 0. The first-order valence-electron chi connectivity index (χ1n) is 7.32. The van der Waals surface area contributed by atoms with Crippen molar-refractivity contribution < 1.29 is 4.74 Å². The number of benzene rings is 2. The van der Waals surface area contributed by atoms with Gasteiger partial charge in [0.15, 0.2) is 0 Å². The van der Waals surface area contributed by atoms with E-state index in [9.17, 15) is 0 Å². The lowest BCUT2D eigenvalue weighted by atomic mass is 9.95. The Morgan fingerprint density at radius 2 is 1.70 bits per heavy atom. The molecule has 1 heterocycles. The van der Waals surface area contributed by atoms with E-state index in [0.717, 1.165) is 18.6 Å². The van der Waals surface area contributed by atoms with Gasteiger partial charge >= 0.3 is 0 Å². The van der Waals surface area contributed by atoms with Gasteiger partial charge < -0.3 is 10.5 Å². The van der Waals surface area contributed by atoms with Crippen LogP contribution >= 0.6 is 0 Å². The molecule has 0 spiro atoms. The molecule has 0 saturated heterocycles. The summed E-state index contributed by atoms with van der Waals surface area (Å²) < 4.78 is 5.46. The van der Waals surface area contributed by atoms with Gasteiger partial charge in [-0.2, -0.15) is 0 Å². The van der Waals surface area contributed by atoms with Gasteiger partial charge in [0, 0.05) is 0 Å². The normalized spacial score (nSPS) is 15.1. The molecule has 1 unspecified atom stereocenters. The minimum atomic E-state index is -0.0587. The second kappa shape index (κ2) is 5.78. The Kier molecular flexibility index (Phi) is 3.86. The van der Waals surface area contributed by atoms with E-state index in [1.165, 1.54) is 28.7 Å². The van der Waals surface area contributed by atoms with Crippen LogP contribution in [0.3, 0.4) is 0 Å². The molecule has 1 aliphatic rings. The van der Waals surface area contributed by atoms with E-state index >= 15 is 0 Å². The Balaban J connectivity index is 1.82. The van der Waals surface area contributed by atoms with Crippen LogP contribution in [0.25, 0.3) is 0 Å². The number of ether oxygens (including phenoxy) is 1. The molecule has 3 rings (SSSR count). The van der Waals surface area contributed by atoms with Crippen molar-refractivity contribution in [3.05, 3.63) is 70.3 Å². The standard InChI is InChI=1S/C18H21NO/c1-2-3-13-4-6-14(7-5-13)18(19)15-8-9-16-11-20-12-17(16)10-15/h4-10,18H,2-3,11-12,19H2,1H3. The summed E-state index contributed by atoms with van der Waals surface area (Å²) in [6.07, 6.45) is 2.31. The topological polar surface area (TPSA) is 35.2 Å². The predicted molar refractivity (Wildman–Crippen MR) is 81.4 cm³/mol.